The molecule has 1 N–H and O–H groups in total. The van der Waals surface area contributed by atoms with E-state index in [4.69, 9.17) is 9.47 Å². The first-order valence-corrected chi connectivity index (χ1v) is 10.5. The van der Waals surface area contributed by atoms with Crippen LogP contribution in [0.3, 0.4) is 0 Å². The smallest absolute Gasteiger partial charge is 0.278 e. The Morgan fingerprint density at radius 2 is 1.88 bits per heavy atom. The van der Waals surface area contributed by atoms with Gasteiger partial charge in [-0.25, -0.2) is 19.0 Å². The zero-order valence-electron chi connectivity index (χ0n) is 16.4. The highest BCUT2D eigenvalue weighted by Gasteiger charge is 2.22. The van der Waals surface area contributed by atoms with E-state index < -0.39 is 5.91 Å². The third-order valence-electron chi connectivity index (χ3n) is 4.56. The summed E-state index contributed by atoms with van der Waals surface area (Å²) in [7, 11) is 0. The van der Waals surface area contributed by atoms with Crippen LogP contribution < -0.4 is 14.8 Å². The monoisotopic (exact) mass is 450 g/mol. The summed E-state index contributed by atoms with van der Waals surface area (Å²) in [5.74, 6) is 0.670. The topological polar surface area (TPSA) is 104 Å². The number of benzene rings is 2. The summed E-state index contributed by atoms with van der Waals surface area (Å²) in [6, 6.07) is 12.6. The van der Waals surface area contributed by atoms with Gasteiger partial charge in [0, 0.05) is 29.9 Å². The van der Waals surface area contributed by atoms with Gasteiger partial charge >= 0.3 is 0 Å². The number of fused-ring (bicyclic) bond motifs is 1. The number of ether oxygens (including phenoxy) is 2. The number of anilines is 1. The zero-order chi connectivity index (χ0) is 21.9. The van der Waals surface area contributed by atoms with E-state index in [9.17, 15) is 9.18 Å². The van der Waals surface area contributed by atoms with E-state index in [1.165, 1.54) is 28.6 Å². The van der Waals surface area contributed by atoms with E-state index in [1.54, 1.807) is 48.8 Å². The van der Waals surface area contributed by atoms with Crippen LogP contribution in [0.1, 0.15) is 16.2 Å². The Bertz CT molecular complexity index is 1270. The fourth-order valence-corrected chi connectivity index (χ4v) is 3.85. The zero-order valence-corrected chi connectivity index (χ0v) is 17.3. The summed E-state index contributed by atoms with van der Waals surface area (Å²) in [4.78, 5) is 21.4. The highest BCUT2D eigenvalue weighted by molar-refractivity contribution is 7.98. The van der Waals surface area contributed by atoms with Gasteiger partial charge in [0.15, 0.2) is 22.3 Å². The molecule has 0 fully saturated rings. The molecule has 0 unspecified atom stereocenters. The minimum Gasteiger partial charge on any atom is -0.454 e. The van der Waals surface area contributed by atoms with Crippen molar-refractivity contribution < 1.29 is 18.7 Å². The lowest BCUT2D eigenvalue weighted by molar-refractivity contribution is 0.102. The Labute approximate surface area is 185 Å². The summed E-state index contributed by atoms with van der Waals surface area (Å²) < 4.78 is 25.5. The molecular formula is C21H15FN6O3S. The van der Waals surface area contributed by atoms with E-state index in [0.717, 1.165) is 0 Å². The van der Waals surface area contributed by atoms with E-state index in [2.05, 4.69) is 25.6 Å². The number of thioether (sulfide) groups is 1. The van der Waals surface area contributed by atoms with Crippen LogP contribution in [-0.4, -0.2) is 37.7 Å². The second kappa shape index (κ2) is 8.63. The van der Waals surface area contributed by atoms with Gasteiger partial charge in [0.2, 0.25) is 6.79 Å². The fourth-order valence-electron chi connectivity index (χ4n) is 3.05. The van der Waals surface area contributed by atoms with Gasteiger partial charge in [-0.15, -0.1) is 5.10 Å². The van der Waals surface area contributed by atoms with Crippen molar-refractivity contribution in [2.45, 2.75) is 10.9 Å². The average Bonchev–Trinajstić information content (AvgIpc) is 3.45. The molecule has 4 aromatic rings. The molecule has 0 spiro atoms. The van der Waals surface area contributed by atoms with Crippen LogP contribution in [0.4, 0.5) is 10.1 Å². The number of carbonyl (C=O) groups is 1. The lowest BCUT2D eigenvalue weighted by atomic mass is 10.2. The molecule has 1 aliphatic rings. The molecule has 5 rings (SSSR count). The normalized spacial score (nSPS) is 12.0. The van der Waals surface area contributed by atoms with Gasteiger partial charge in [0.05, 0.1) is 11.4 Å². The number of hydrogen-bond donors (Lipinski definition) is 1. The summed E-state index contributed by atoms with van der Waals surface area (Å²) in [6.45, 7) is 0.141. The first-order valence-electron chi connectivity index (χ1n) is 9.49. The Morgan fingerprint density at radius 1 is 1.09 bits per heavy atom. The molecule has 0 saturated carbocycles. The number of carbonyl (C=O) groups excluding carboxylic acids is 1. The molecule has 3 heterocycles. The van der Waals surface area contributed by atoms with Crippen LogP contribution in [-0.2, 0) is 5.75 Å². The van der Waals surface area contributed by atoms with Crippen molar-refractivity contribution in [1.82, 2.24) is 25.0 Å². The molecule has 2 aromatic carbocycles. The van der Waals surface area contributed by atoms with Gasteiger partial charge in [-0.3, -0.25) is 4.79 Å². The van der Waals surface area contributed by atoms with Crippen molar-refractivity contribution in [3.05, 3.63) is 78.1 Å². The number of aromatic nitrogens is 5. The third-order valence-corrected chi connectivity index (χ3v) is 5.45. The Kier molecular flexibility index (Phi) is 5.38. The minimum atomic E-state index is -0.443. The fraction of sp³-hybridized carbons (Fsp3) is 0.0952. The summed E-state index contributed by atoms with van der Waals surface area (Å²) in [6.07, 6.45) is 3.27. The number of amides is 1. The van der Waals surface area contributed by atoms with E-state index in [1.807, 2.05) is 0 Å². The first kappa shape index (κ1) is 19.9. The molecule has 2 aromatic heterocycles. The van der Waals surface area contributed by atoms with Crippen molar-refractivity contribution >= 4 is 23.4 Å². The van der Waals surface area contributed by atoms with Crippen LogP contribution in [0.5, 0.6) is 11.5 Å². The van der Waals surface area contributed by atoms with Crippen molar-refractivity contribution in [3.63, 3.8) is 0 Å². The lowest BCUT2D eigenvalue weighted by Crippen LogP contribution is -2.15. The molecule has 1 aliphatic heterocycles. The van der Waals surface area contributed by atoms with Crippen molar-refractivity contribution in [2.75, 3.05) is 12.1 Å². The number of nitrogens with zero attached hydrogens (tertiary/aromatic N) is 5. The van der Waals surface area contributed by atoms with Gasteiger partial charge in [0.1, 0.15) is 5.82 Å². The maximum absolute atomic E-state index is 13.4. The standard InChI is InChI=1S/C21H15FN6O3S/c22-13-2-5-15(6-3-13)28-16(11-32-21-23-8-1-9-24-21)19(26-27-28)20(29)25-14-4-7-17-18(10-14)31-12-30-17/h1-10H,11-12H2,(H,25,29). The summed E-state index contributed by atoms with van der Waals surface area (Å²) in [5.41, 5.74) is 1.76. The molecule has 160 valence electrons. The van der Waals surface area contributed by atoms with Gasteiger partial charge in [-0.2, -0.15) is 0 Å². The Hall–Kier alpha value is -3.99. The Morgan fingerprint density at radius 3 is 2.69 bits per heavy atom. The number of halogens is 1. The SMILES string of the molecule is O=C(Nc1ccc2c(c1)OCO2)c1nnn(-c2ccc(F)cc2)c1CSc1ncccn1. The van der Waals surface area contributed by atoms with Gasteiger partial charge in [-0.1, -0.05) is 17.0 Å². The molecule has 0 atom stereocenters. The maximum Gasteiger partial charge on any atom is 0.278 e. The predicted molar refractivity (Wildman–Crippen MR) is 113 cm³/mol. The molecular weight excluding hydrogens is 435 g/mol. The van der Waals surface area contributed by atoms with E-state index in [-0.39, 0.29) is 18.3 Å². The Balaban J connectivity index is 1.45. The average molecular weight is 450 g/mol. The first-order chi connectivity index (χ1) is 15.7. The van der Waals surface area contributed by atoms with Crippen molar-refractivity contribution in [1.29, 1.82) is 0 Å². The van der Waals surface area contributed by atoms with Gasteiger partial charge in [0.25, 0.3) is 5.91 Å². The quantitative estimate of drug-likeness (QED) is 0.352. The second-order valence-electron chi connectivity index (χ2n) is 6.62. The summed E-state index contributed by atoms with van der Waals surface area (Å²) in [5, 5.41) is 11.6. The lowest BCUT2D eigenvalue weighted by Gasteiger charge is -2.09. The molecule has 11 heteroatoms. The van der Waals surface area contributed by atoms with E-state index in [0.29, 0.717) is 39.5 Å². The second-order valence-corrected chi connectivity index (χ2v) is 7.56. The molecule has 0 aliphatic carbocycles. The molecule has 0 radical (unpaired) electrons. The number of nitrogens with one attached hydrogen (secondary N) is 1. The molecule has 1 amide bonds. The van der Waals surface area contributed by atoms with Crippen molar-refractivity contribution in [3.8, 4) is 17.2 Å². The molecule has 9 nitrogen and oxygen atoms in total. The maximum atomic E-state index is 13.4. The van der Waals surface area contributed by atoms with Crippen LogP contribution in [0.25, 0.3) is 5.69 Å². The third kappa shape index (κ3) is 4.10. The minimum absolute atomic E-state index is 0.135. The van der Waals surface area contributed by atoms with Crippen molar-refractivity contribution in [2.24, 2.45) is 0 Å². The van der Waals surface area contributed by atoms with Crippen LogP contribution in [0.15, 0.2) is 66.1 Å². The molecule has 0 saturated heterocycles. The predicted octanol–water partition coefficient (Wildman–Crippen LogP) is 3.47. The molecule has 32 heavy (non-hydrogen) atoms. The number of rotatable bonds is 6. The van der Waals surface area contributed by atoms with Crippen LogP contribution >= 0.6 is 11.8 Å². The van der Waals surface area contributed by atoms with E-state index >= 15 is 0 Å². The highest BCUT2D eigenvalue weighted by atomic mass is 32.2. The van der Waals surface area contributed by atoms with Crippen LogP contribution in [0.2, 0.25) is 0 Å². The van der Waals surface area contributed by atoms with Crippen LogP contribution in [0, 0.1) is 5.82 Å². The summed E-state index contributed by atoms with van der Waals surface area (Å²) >= 11 is 1.33. The van der Waals surface area contributed by atoms with Gasteiger partial charge in [-0.05, 0) is 42.5 Å². The van der Waals surface area contributed by atoms with Gasteiger partial charge < -0.3 is 14.8 Å². The molecule has 0 bridgehead atoms. The largest absolute Gasteiger partial charge is 0.454 e. The number of hydrogen-bond acceptors (Lipinski definition) is 8. The highest BCUT2D eigenvalue weighted by Crippen LogP contribution is 2.34.